The first kappa shape index (κ1) is 12.2. The molecule has 1 N–H and O–H groups in total. The third kappa shape index (κ3) is 1.36. The highest BCUT2D eigenvalue weighted by molar-refractivity contribution is 6.59. The van der Waals surface area contributed by atoms with Gasteiger partial charge in [-0.2, -0.15) is 0 Å². The quantitative estimate of drug-likeness (QED) is 0.820. The Labute approximate surface area is 97.8 Å². The van der Waals surface area contributed by atoms with Crippen LogP contribution in [0.25, 0.3) is 0 Å². The van der Waals surface area contributed by atoms with E-state index in [1.165, 1.54) is 0 Å². The predicted molar refractivity (Wildman–Crippen MR) is 57.6 cm³/mol. The lowest BCUT2D eigenvalue weighted by Crippen LogP contribution is -2.07. The zero-order chi connectivity index (χ0) is 11.3. The largest absolute Gasteiger partial charge is 0.481 e. The first-order chi connectivity index (χ1) is 6.17. The molecule has 0 saturated heterocycles. The number of halogens is 3. The molecule has 0 amide bonds. The molecule has 5 heteroatoms. The summed E-state index contributed by atoms with van der Waals surface area (Å²) < 4.78 is -0.0500. The van der Waals surface area contributed by atoms with Crippen molar-refractivity contribution in [2.24, 2.45) is 16.7 Å². The molecule has 1 rings (SSSR count). The SMILES string of the molecule is CC1(C)C(C(=O)O)C1(C)C(Cl)=C(Cl)Cl. The molecule has 1 aliphatic carbocycles. The molecule has 1 aliphatic rings. The Morgan fingerprint density at radius 1 is 1.21 bits per heavy atom. The van der Waals surface area contributed by atoms with Gasteiger partial charge in [-0.3, -0.25) is 4.79 Å². The van der Waals surface area contributed by atoms with Crippen LogP contribution in [0.15, 0.2) is 9.52 Å². The van der Waals surface area contributed by atoms with Crippen LogP contribution in [0.4, 0.5) is 0 Å². The molecule has 0 spiro atoms. The third-order valence-corrected chi connectivity index (χ3v) is 4.58. The summed E-state index contributed by atoms with van der Waals surface area (Å²) in [6.45, 7) is 5.44. The van der Waals surface area contributed by atoms with Crippen molar-refractivity contribution in [1.29, 1.82) is 0 Å². The molecule has 1 fully saturated rings. The molecule has 2 nitrogen and oxygen atoms in total. The minimum absolute atomic E-state index is 0.0500. The molecule has 0 aromatic rings. The Morgan fingerprint density at radius 3 is 1.86 bits per heavy atom. The Balaban J connectivity index is 3.13. The molecule has 2 atom stereocenters. The van der Waals surface area contributed by atoms with Gasteiger partial charge in [-0.05, 0) is 5.41 Å². The van der Waals surface area contributed by atoms with Crippen LogP contribution in [0.5, 0.6) is 0 Å². The van der Waals surface area contributed by atoms with Gasteiger partial charge in [0.1, 0.15) is 4.49 Å². The van der Waals surface area contributed by atoms with Crippen LogP contribution in [0.3, 0.4) is 0 Å². The van der Waals surface area contributed by atoms with E-state index in [1.54, 1.807) is 6.92 Å². The molecule has 0 aromatic carbocycles. The average molecular weight is 258 g/mol. The fourth-order valence-corrected chi connectivity index (χ4v) is 2.89. The molecule has 1 saturated carbocycles. The maximum Gasteiger partial charge on any atom is 0.308 e. The van der Waals surface area contributed by atoms with Gasteiger partial charge in [-0.25, -0.2) is 0 Å². The minimum Gasteiger partial charge on any atom is -0.481 e. The van der Waals surface area contributed by atoms with E-state index in [4.69, 9.17) is 39.9 Å². The van der Waals surface area contributed by atoms with E-state index < -0.39 is 22.7 Å². The second-order valence-electron chi connectivity index (χ2n) is 4.27. The summed E-state index contributed by atoms with van der Waals surface area (Å²) in [4.78, 5) is 11.0. The molecule has 0 aliphatic heterocycles. The normalized spacial score (nSPS) is 33.7. The van der Waals surface area contributed by atoms with E-state index >= 15 is 0 Å². The number of aliphatic carboxylic acids is 1. The molecule has 0 aromatic heterocycles. The van der Waals surface area contributed by atoms with Crippen LogP contribution < -0.4 is 0 Å². The van der Waals surface area contributed by atoms with Crippen LogP contribution in [-0.2, 0) is 4.79 Å². The van der Waals surface area contributed by atoms with E-state index in [1.807, 2.05) is 13.8 Å². The van der Waals surface area contributed by atoms with Crippen LogP contribution in [0, 0.1) is 16.7 Å². The number of carbonyl (C=O) groups is 1. The maximum absolute atomic E-state index is 11.0. The first-order valence-corrected chi connectivity index (χ1v) is 5.24. The van der Waals surface area contributed by atoms with E-state index in [0.29, 0.717) is 0 Å². The Morgan fingerprint density at radius 2 is 1.64 bits per heavy atom. The highest BCUT2D eigenvalue weighted by atomic mass is 35.5. The minimum atomic E-state index is -0.870. The van der Waals surface area contributed by atoms with Crippen LogP contribution in [-0.4, -0.2) is 11.1 Å². The molecule has 80 valence electrons. The van der Waals surface area contributed by atoms with Crippen LogP contribution in [0.1, 0.15) is 20.8 Å². The number of carboxylic acids is 1. The standard InChI is InChI=1S/C9H11Cl3O2/c1-8(2)4(7(13)14)9(8,3)5(10)6(11)12/h4H,1-3H3,(H,13,14). The topological polar surface area (TPSA) is 37.3 Å². The van der Waals surface area contributed by atoms with Gasteiger partial charge < -0.3 is 5.11 Å². The maximum atomic E-state index is 11.0. The van der Waals surface area contributed by atoms with Gasteiger partial charge in [-0.15, -0.1) is 0 Å². The molecule has 2 unspecified atom stereocenters. The Bertz CT molecular complexity index is 318. The fourth-order valence-electron chi connectivity index (χ4n) is 2.14. The lowest BCUT2D eigenvalue weighted by Gasteiger charge is -2.12. The van der Waals surface area contributed by atoms with Crippen molar-refractivity contribution in [3.05, 3.63) is 9.52 Å². The van der Waals surface area contributed by atoms with Gasteiger partial charge in [-0.1, -0.05) is 55.6 Å². The van der Waals surface area contributed by atoms with Crippen molar-refractivity contribution >= 4 is 40.8 Å². The van der Waals surface area contributed by atoms with Crippen LogP contribution >= 0.6 is 34.8 Å². The highest BCUT2D eigenvalue weighted by Gasteiger charge is 2.73. The second-order valence-corrected chi connectivity index (χ2v) is 5.60. The van der Waals surface area contributed by atoms with Gasteiger partial charge in [0.05, 0.1) is 11.0 Å². The number of allylic oxidation sites excluding steroid dienone is 1. The zero-order valence-electron chi connectivity index (χ0n) is 8.07. The Hall–Kier alpha value is 0.0800. The lowest BCUT2D eigenvalue weighted by molar-refractivity contribution is -0.139. The summed E-state index contributed by atoms with van der Waals surface area (Å²) in [5.41, 5.74) is -1.07. The lowest BCUT2D eigenvalue weighted by atomic mass is 9.98. The summed E-state index contributed by atoms with van der Waals surface area (Å²) in [7, 11) is 0. The number of hydrogen-bond acceptors (Lipinski definition) is 1. The van der Waals surface area contributed by atoms with Crippen molar-refractivity contribution in [2.45, 2.75) is 20.8 Å². The first-order valence-electron chi connectivity index (χ1n) is 4.11. The van der Waals surface area contributed by atoms with E-state index in [9.17, 15) is 4.79 Å². The number of carboxylic acid groups (broad SMARTS) is 1. The van der Waals surface area contributed by atoms with Crippen molar-refractivity contribution in [1.82, 2.24) is 0 Å². The van der Waals surface area contributed by atoms with Crippen molar-refractivity contribution in [3.63, 3.8) is 0 Å². The molecule has 0 radical (unpaired) electrons. The Kier molecular flexibility index (Phi) is 2.86. The van der Waals surface area contributed by atoms with Crippen molar-refractivity contribution in [3.8, 4) is 0 Å². The van der Waals surface area contributed by atoms with Gasteiger partial charge in [0, 0.05) is 5.41 Å². The fraction of sp³-hybridized carbons (Fsp3) is 0.667. The summed E-state index contributed by atoms with van der Waals surface area (Å²) in [6, 6.07) is 0. The van der Waals surface area contributed by atoms with Gasteiger partial charge in [0.15, 0.2) is 0 Å². The molecule has 0 bridgehead atoms. The van der Waals surface area contributed by atoms with Gasteiger partial charge in [0.25, 0.3) is 0 Å². The molecular formula is C9H11Cl3O2. The summed E-state index contributed by atoms with van der Waals surface area (Å²) in [6.07, 6.45) is 0. The van der Waals surface area contributed by atoms with E-state index in [2.05, 4.69) is 0 Å². The summed E-state index contributed by atoms with van der Waals surface area (Å²) in [5.74, 6) is -1.40. The van der Waals surface area contributed by atoms with Gasteiger partial charge >= 0.3 is 5.97 Å². The van der Waals surface area contributed by atoms with Crippen LogP contribution in [0.2, 0.25) is 0 Å². The van der Waals surface area contributed by atoms with E-state index in [-0.39, 0.29) is 9.52 Å². The smallest absolute Gasteiger partial charge is 0.308 e. The predicted octanol–water partition coefficient (Wildman–Crippen LogP) is 3.62. The monoisotopic (exact) mass is 256 g/mol. The molecule has 0 heterocycles. The van der Waals surface area contributed by atoms with Crippen molar-refractivity contribution < 1.29 is 9.90 Å². The second kappa shape index (κ2) is 3.29. The third-order valence-electron chi connectivity index (χ3n) is 3.42. The average Bonchev–Trinajstić information content (AvgIpc) is 2.45. The summed E-state index contributed by atoms with van der Waals surface area (Å²) in [5, 5.41) is 9.22. The number of hydrogen-bond donors (Lipinski definition) is 1. The highest BCUT2D eigenvalue weighted by Crippen LogP contribution is 2.73. The molecular weight excluding hydrogens is 246 g/mol. The summed E-state index contributed by atoms with van der Waals surface area (Å²) >= 11 is 17.1. The number of rotatable bonds is 2. The zero-order valence-corrected chi connectivity index (χ0v) is 10.3. The van der Waals surface area contributed by atoms with E-state index in [0.717, 1.165) is 0 Å². The van der Waals surface area contributed by atoms with Crippen molar-refractivity contribution in [2.75, 3.05) is 0 Å². The van der Waals surface area contributed by atoms with Gasteiger partial charge in [0.2, 0.25) is 0 Å². The molecule has 14 heavy (non-hydrogen) atoms.